The van der Waals surface area contributed by atoms with Crippen LogP contribution in [0.3, 0.4) is 0 Å². The number of amides is 2. The molecular formula is C16H15ClN2O3S. The van der Waals surface area contributed by atoms with Gasteiger partial charge < -0.3 is 10.6 Å². The molecule has 0 saturated carbocycles. The van der Waals surface area contributed by atoms with Crippen LogP contribution < -0.4 is 10.6 Å². The Labute approximate surface area is 142 Å². The van der Waals surface area contributed by atoms with E-state index in [-0.39, 0.29) is 30.4 Å². The maximum absolute atomic E-state index is 11.9. The van der Waals surface area contributed by atoms with Crippen molar-refractivity contribution < 1.29 is 14.4 Å². The smallest absolute Gasteiger partial charge is 0.251 e. The Morgan fingerprint density at radius 1 is 1.13 bits per heavy atom. The van der Waals surface area contributed by atoms with Gasteiger partial charge in [0.1, 0.15) is 0 Å². The number of anilines is 1. The maximum atomic E-state index is 11.9. The number of hydrogen-bond donors (Lipinski definition) is 2. The number of thiophene rings is 1. The molecule has 0 bridgehead atoms. The SMILES string of the molecule is CNC(=O)c1cccc(NC(=O)CCC(=O)c2ccc(Cl)s2)c1. The van der Waals surface area contributed by atoms with Gasteiger partial charge >= 0.3 is 0 Å². The van der Waals surface area contributed by atoms with E-state index in [1.807, 2.05) is 0 Å². The molecule has 0 spiro atoms. The van der Waals surface area contributed by atoms with Crippen LogP contribution in [0.2, 0.25) is 4.34 Å². The normalized spacial score (nSPS) is 10.2. The summed E-state index contributed by atoms with van der Waals surface area (Å²) in [6.45, 7) is 0. The molecule has 2 rings (SSSR count). The third kappa shape index (κ3) is 4.91. The average molecular weight is 351 g/mol. The molecule has 1 aromatic heterocycles. The highest BCUT2D eigenvalue weighted by atomic mass is 35.5. The van der Waals surface area contributed by atoms with Crippen molar-refractivity contribution in [3.8, 4) is 0 Å². The molecule has 2 amide bonds. The topological polar surface area (TPSA) is 75.3 Å². The largest absolute Gasteiger partial charge is 0.355 e. The first-order chi connectivity index (χ1) is 11.0. The van der Waals surface area contributed by atoms with Gasteiger partial charge in [-0.15, -0.1) is 11.3 Å². The van der Waals surface area contributed by atoms with Crippen LogP contribution in [0.25, 0.3) is 0 Å². The molecule has 0 aliphatic heterocycles. The van der Waals surface area contributed by atoms with E-state index in [0.29, 0.717) is 20.5 Å². The Kier molecular flexibility index (Phi) is 5.90. The van der Waals surface area contributed by atoms with Gasteiger partial charge in [-0.05, 0) is 30.3 Å². The minimum absolute atomic E-state index is 0.0680. The van der Waals surface area contributed by atoms with E-state index in [0.717, 1.165) is 0 Å². The monoisotopic (exact) mass is 350 g/mol. The molecule has 120 valence electrons. The van der Waals surface area contributed by atoms with Crippen molar-refractivity contribution in [1.82, 2.24) is 5.32 Å². The Hall–Kier alpha value is -2.18. The summed E-state index contributed by atoms with van der Waals surface area (Å²) in [7, 11) is 1.54. The van der Waals surface area contributed by atoms with E-state index in [1.54, 1.807) is 36.4 Å². The first-order valence-electron chi connectivity index (χ1n) is 6.90. The predicted octanol–water partition coefficient (Wildman–Crippen LogP) is 3.36. The van der Waals surface area contributed by atoms with Gasteiger partial charge in [0.25, 0.3) is 5.91 Å². The van der Waals surface area contributed by atoms with E-state index in [2.05, 4.69) is 10.6 Å². The Balaban J connectivity index is 1.90. The molecule has 0 unspecified atom stereocenters. The van der Waals surface area contributed by atoms with Crippen LogP contribution in [0.5, 0.6) is 0 Å². The van der Waals surface area contributed by atoms with Gasteiger partial charge in [0.05, 0.1) is 9.21 Å². The van der Waals surface area contributed by atoms with Crippen LogP contribution >= 0.6 is 22.9 Å². The number of nitrogens with one attached hydrogen (secondary N) is 2. The van der Waals surface area contributed by atoms with Crippen LogP contribution in [-0.2, 0) is 4.79 Å². The number of ketones is 1. The first-order valence-corrected chi connectivity index (χ1v) is 8.09. The van der Waals surface area contributed by atoms with E-state index in [4.69, 9.17) is 11.6 Å². The van der Waals surface area contributed by atoms with Gasteiger partial charge in [-0.25, -0.2) is 0 Å². The molecule has 2 N–H and O–H groups in total. The minimum atomic E-state index is -0.282. The lowest BCUT2D eigenvalue weighted by Crippen LogP contribution is -2.18. The van der Waals surface area contributed by atoms with Crippen molar-refractivity contribution in [2.45, 2.75) is 12.8 Å². The molecule has 2 aromatic rings. The second-order valence-electron chi connectivity index (χ2n) is 4.74. The summed E-state index contributed by atoms with van der Waals surface area (Å²) in [6, 6.07) is 9.91. The summed E-state index contributed by atoms with van der Waals surface area (Å²) in [5.74, 6) is -0.628. The third-order valence-corrected chi connectivity index (χ3v) is 4.33. The van der Waals surface area contributed by atoms with Crippen molar-refractivity contribution in [2.24, 2.45) is 0 Å². The van der Waals surface area contributed by atoms with E-state index in [1.165, 1.54) is 18.4 Å². The van der Waals surface area contributed by atoms with Gasteiger partial charge in [0.2, 0.25) is 5.91 Å². The van der Waals surface area contributed by atoms with E-state index in [9.17, 15) is 14.4 Å². The second-order valence-corrected chi connectivity index (χ2v) is 6.45. The second kappa shape index (κ2) is 7.89. The Bertz CT molecular complexity index is 742. The standard InChI is InChI=1S/C16H15ClN2O3S/c1-18-16(22)10-3-2-4-11(9-10)19-15(21)8-5-12(20)13-6-7-14(17)23-13/h2-4,6-7,9H,5,8H2,1H3,(H,18,22)(H,19,21). The Morgan fingerprint density at radius 3 is 2.57 bits per heavy atom. The van der Waals surface area contributed by atoms with Crippen molar-refractivity contribution >= 4 is 46.2 Å². The van der Waals surface area contributed by atoms with Crippen LogP contribution in [0.1, 0.15) is 32.9 Å². The number of halogens is 1. The third-order valence-electron chi connectivity index (χ3n) is 3.06. The molecule has 0 fully saturated rings. The maximum Gasteiger partial charge on any atom is 0.251 e. The summed E-state index contributed by atoms with van der Waals surface area (Å²) < 4.78 is 0.545. The lowest BCUT2D eigenvalue weighted by Gasteiger charge is -2.06. The first kappa shape index (κ1) is 17.2. The Morgan fingerprint density at radius 2 is 1.91 bits per heavy atom. The van der Waals surface area contributed by atoms with Gasteiger partial charge in [0.15, 0.2) is 5.78 Å². The highest BCUT2D eigenvalue weighted by Gasteiger charge is 2.12. The fourth-order valence-electron chi connectivity index (χ4n) is 1.92. The summed E-state index contributed by atoms with van der Waals surface area (Å²) in [5.41, 5.74) is 0.970. The van der Waals surface area contributed by atoms with Crippen molar-refractivity contribution in [3.63, 3.8) is 0 Å². The van der Waals surface area contributed by atoms with Gasteiger partial charge in [-0.3, -0.25) is 14.4 Å². The average Bonchev–Trinajstić information content (AvgIpc) is 2.98. The molecule has 5 nitrogen and oxygen atoms in total. The highest BCUT2D eigenvalue weighted by molar-refractivity contribution is 7.18. The number of hydrogen-bond acceptors (Lipinski definition) is 4. The van der Waals surface area contributed by atoms with Crippen LogP contribution in [-0.4, -0.2) is 24.6 Å². The molecule has 0 saturated heterocycles. The molecule has 1 aromatic carbocycles. The summed E-state index contributed by atoms with van der Waals surface area (Å²) >= 11 is 6.98. The number of carbonyl (C=O) groups excluding carboxylic acids is 3. The molecule has 0 aliphatic rings. The van der Waals surface area contributed by atoms with Crippen LogP contribution in [0, 0.1) is 0 Å². The number of Topliss-reactive ketones (excluding diaryl/α,β-unsaturated/α-hetero) is 1. The minimum Gasteiger partial charge on any atom is -0.355 e. The van der Waals surface area contributed by atoms with Crippen molar-refractivity contribution in [2.75, 3.05) is 12.4 Å². The van der Waals surface area contributed by atoms with E-state index >= 15 is 0 Å². The quantitative estimate of drug-likeness (QED) is 0.784. The fraction of sp³-hybridized carbons (Fsp3) is 0.188. The predicted molar refractivity (Wildman–Crippen MR) is 91.4 cm³/mol. The fourth-order valence-corrected chi connectivity index (χ4v) is 2.93. The molecule has 7 heteroatoms. The highest BCUT2D eigenvalue weighted by Crippen LogP contribution is 2.23. The zero-order valence-corrected chi connectivity index (χ0v) is 14.0. The lowest BCUT2D eigenvalue weighted by molar-refractivity contribution is -0.116. The van der Waals surface area contributed by atoms with Gasteiger partial charge in [0, 0.05) is 31.1 Å². The summed E-state index contributed by atoms with van der Waals surface area (Å²) in [5, 5.41) is 5.20. The van der Waals surface area contributed by atoms with Crippen molar-refractivity contribution in [1.29, 1.82) is 0 Å². The molecule has 0 aliphatic carbocycles. The molecule has 0 atom stereocenters. The molecule has 23 heavy (non-hydrogen) atoms. The lowest BCUT2D eigenvalue weighted by atomic mass is 10.1. The zero-order chi connectivity index (χ0) is 16.8. The number of benzene rings is 1. The van der Waals surface area contributed by atoms with Crippen molar-refractivity contribution in [3.05, 3.63) is 51.2 Å². The van der Waals surface area contributed by atoms with Gasteiger partial charge in [-0.1, -0.05) is 17.7 Å². The molecule has 1 heterocycles. The van der Waals surface area contributed by atoms with Crippen LogP contribution in [0.15, 0.2) is 36.4 Å². The molecular weight excluding hydrogens is 336 g/mol. The van der Waals surface area contributed by atoms with Gasteiger partial charge in [-0.2, -0.15) is 0 Å². The number of carbonyl (C=O) groups is 3. The van der Waals surface area contributed by atoms with Crippen LogP contribution in [0.4, 0.5) is 5.69 Å². The van der Waals surface area contributed by atoms with E-state index < -0.39 is 0 Å². The zero-order valence-electron chi connectivity index (χ0n) is 12.4. The summed E-state index contributed by atoms with van der Waals surface area (Å²) in [4.78, 5) is 35.9. The number of rotatable bonds is 6. The molecule has 0 radical (unpaired) electrons. The summed E-state index contributed by atoms with van der Waals surface area (Å²) in [6.07, 6.45) is 0.177.